The summed E-state index contributed by atoms with van der Waals surface area (Å²) in [4.78, 5) is 6.46. The van der Waals surface area contributed by atoms with Crippen molar-refractivity contribution in [2.75, 3.05) is 34.3 Å². The van der Waals surface area contributed by atoms with Gasteiger partial charge in [0.15, 0.2) is 5.96 Å². The number of nitrogens with zero attached hydrogens (tertiary/aromatic N) is 2. The van der Waals surface area contributed by atoms with Gasteiger partial charge < -0.3 is 15.0 Å². The number of halogens is 1. The fraction of sp³-hybridized carbons (Fsp3) is 0.471. The van der Waals surface area contributed by atoms with Gasteiger partial charge in [0.05, 0.1) is 7.11 Å². The Morgan fingerprint density at radius 3 is 2.86 bits per heavy atom. The van der Waals surface area contributed by atoms with Crippen molar-refractivity contribution in [3.63, 3.8) is 0 Å². The Kier molecular flexibility index (Phi) is 11.6. The lowest BCUT2D eigenvalue weighted by Gasteiger charge is -2.21. The maximum absolute atomic E-state index is 5.24. The predicted octanol–water partition coefficient (Wildman–Crippen LogP) is 3.33. The van der Waals surface area contributed by atoms with Gasteiger partial charge in [-0.3, -0.25) is 4.99 Å². The summed E-state index contributed by atoms with van der Waals surface area (Å²) in [6.07, 6.45) is 5.02. The number of hydrogen-bond donors (Lipinski definition) is 1. The minimum absolute atomic E-state index is 0. The van der Waals surface area contributed by atoms with Crippen LogP contribution in [0.3, 0.4) is 0 Å². The smallest absolute Gasteiger partial charge is 0.193 e. The molecule has 0 fully saturated rings. The summed E-state index contributed by atoms with van der Waals surface area (Å²) in [7, 11) is 5.57. The van der Waals surface area contributed by atoms with E-state index in [2.05, 4.69) is 41.0 Å². The predicted molar refractivity (Wildman–Crippen MR) is 106 cm³/mol. The number of unbranched alkanes of at least 4 members (excludes halogenated alkanes) is 1. The van der Waals surface area contributed by atoms with Crippen LogP contribution >= 0.6 is 24.0 Å². The zero-order chi connectivity index (χ0) is 15.5. The molecule has 0 aliphatic heterocycles. The van der Waals surface area contributed by atoms with Crippen LogP contribution in [0.2, 0.25) is 0 Å². The van der Waals surface area contributed by atoms with Gasteiger partial charge >= 0.3 is 0 Å². The number of aliphatic imine (C=N–C) groups is 1. The Balaban J connectivity index is 0.00000441. The Hall–Kier alpha value is -1.24. The van der Waals surface area contributed by atoms with Gasteiger partial charge in [-0.15, -0.1) is 30.6 Å². The number of allylic oxidation sites excluding steroid dienone is 1. The molecule has 1 aromatic rings. The van der Waals surface area contributed by atoms with Gasteiger partial charge in [0.1, 0.15) is 5.75 Å². The van der Waals surface area contributed by atoms with Gasteiger partial charge in [-0.25, -0.2) is 0 Å². The van der Waals surface area contributed by atoms with Gasteiger partial charge in [0.25, 0.3) is 0 Å². The first-order valence-corrected chi connectivity index (χ1v) is 7.37. The molecule has 0 atom stereocenters. The Labute approximate surface area is 151 Å². The number of guanidine groups is 1. The van der Waals surface area contributed by atoms with Gasteiger partial charge in [0, 0.05) is 27.2 Å². The summed E-state index contributed by atoms with van der Waals surface area (Å²) in [6.45, 7) is 5.58. The topological polar surface area (TPSA) is 36.9 Å². The minimum Gasteiger partial charge on any atom is -0.497 e. The number of methoxy groups -OCH3 is 1. The molecule has 0 spiro atoms. The van der Waals surface area contributed by atoms with E-state index in [9.17, 15) is 0 Å². The van der Waals surface area contributed by atoms with Crippen LogP contribution in [0.1, 0.15) is 18.4 Å². The fourth-order valence-electron chi connectivity index (χ4n) is 2.11. The van der Waals surface area contributed by atoms with E-state index in [0.717, 1.165) is 44.1 Å². The molecule has 4 nitrogen and oxygen atoms in total. The molecule has 22 heavy (non-hydrogen) atoms. The zero-order valence-electron chi connectivity index (χ0n) is 13.8. The maximum atomic E-state index is 5.24. The first kappa shape index (κ1) is 20.8. The van der Waals surface area contributed by atoms with Crippen molar-refractivity contribution in [3.8, 4) is 5.75 Å². The summed E-state index contributed by atoms with van der Waals surface area (Å²) < 4.78 is 5.24. The average Bonchev–Trinajstić information content (AvgIpc) is 2.52. The van der Waals surface area contributed by atoms with E-state index < -0.39 is 0 Å². The first-order chi connectivity index (χ1) is 10.2. The second kappa shape index (κ2) is 12.3. The molecule has 1 N–H and O–H groups in total. The van der Waals surface area contributed by atoms with E-state index in [0.29, 0.717) is 0 Å². The standard InChI is InChI=1S/C17H27N3O.HI/c1-5-6-7-13-20(3)17(18-2)19-12-11-15-9-8-10-16(14-15)21-4;/h5,8-10,14H,1,6-7,11-13H2,2-4H3,(H,18,19);1H. The van der Waals surface area contributed by atoms with E-state index in [1.54, 1.807) is 7.11 Å². The monoisotopic (exact) mass is 417 g/mol. The van der Waals surface area contributed by atoms with Crippen LogP contribution in [0.4, 0.5) is 0 Å². The van der Waals surface area contributed by atoms with Crippen LogP contribution in [0, 0.1) is 0 Å². The van der Waals surface area contributed by atoms with E-state index in [-0.39, 0.29) is 24.0 Å². The average molecular weight is 417 g/mol. The quantitative estimate of drug-likeness (QED) is 0.232. The lowest BCUT2D eigenvalue weighted by molar-refractivity contribution is 0.414. The molecule has 0 heterocycles. The van der Waals surface area contributed by atoms with Crippen LogP contribution in [-0.4, -0.2) is 45.2 Å². The van der Waals surface area contributed by atoms with Gasteiger partial charge in [-0.05, 0) is 37.0 Å². The molecule has 0 radical (unpaired) electrons. The van der Waals surface area contributed by atoms with Crippen molar-refractivity contribution in [3.05, 3.63) is 42.5 Å². The Morgan fingerprint density at radius 1 is 1.45 bits per heavy atom. The molecule has 0 unspecified atom stereocenters. The third-order valence-corrected chi connectivity index (χ3v) is 3.31. The second-order valence-electron chi connectivity index (χ2n) is 4.93. The summed E-state index contributed by atoms with van der Waals surface area (Å²) in [5, 5.41) is 3.39. The van der Waals surface area contributed by atoms with Crippen molar-refractivity contribution >= 4 is 29.9 Å². The number of nitrogens with one attached hydrogen (secondary N) is 1. The number of benzene rings is 1. The maximum Gasteiger partial charge on any atom is 0.193 e. The SMILES string of the molecule is C=CCCCN(C)C(=NC)NCCc1cccc(OC)c1.I. The lowest BCUT2D eigenvalue weighted by Crippen LogP contribution is -2.40. The summed E-state index contributed by atoms with van der Waals surface area (Å²) in [5.41, 5.74) is 1.26. The van der Waals surface area contributed by atoms with Crippen molar-refractivity contribution in [1.29, 1.82) is 0 Å². The summed E-state index contributed by atoms with van der Waals surface area (Å²) >= 11 is 0. The van der Waals surface area contributed by atoms with E-state index in [4.69, 9.17) is 4.74 Å². The molecule has 0 aliphatic carbocycles. The van der Waals surface area contributed by atoms with Gasteiger partial charge in [0.2, 0.25) is 0 Å². The van der Waals surface area contributed by atoms with Crippen LogP contribution in [0.5, 0.6) is 5.75 Å². The summed E-state index contributed by atoms with van der Waals surface area (Å²) in [5.74, 6) is 1.83. The van der Waals surface area contributed by atoms with Gasteiger partial charge in [-0.1, -0.05) is 18.2 Å². The van der Waals surface area contributed by atoms with E-state index in [1.165, 1.54) is 5.56 Å². The molecule has 0 saturated carbocycles. The molecular weight excluding hydrogens is 389 g/mol. The number of rotatable bonds is 8. The molecule has 1 rings (SSSR count). The highest BCUT2D eigenvalue weighted by Gasteiger charge is 2.04. The molecule has 0 bridgehead atoms. The van der Waals surface area contributed by atoms with Crippen molar-refractivity contribution in [2.45, 2.75) is 19.3 Å². The second-order valence-corrected chi connectivity index (χ2v) is 4.93. The number of ether oxygens (including phenoxy) is 1. The zero-order valence-corrected chi connectivity index (χ0v) is 16.2. The highest BCUT2D eigenvalue weighted by molar-refractivity contribution is 14.0. The third-order valence-electron chi connectivity index (χ3n) is 3.31. The van der Waals surface area contributed by atoms with Crippen LogP contribution < -0.4 is 10.1 Å². The highest BCUT2D eigenvalue weighted by Crippen LogP contribution is 2.12. The van der Waals surface area contributed by atoms with E-state index in [1.807, 2.05) is 25.3 Å². The molecule has 5 heteroatoms. The van der Waals surface area contributed by atoms with Crippen LogP contribution in [0.25, 0.3) is 0 Å². The lowest BCUT2D eigenvalue weighted by atomic mass is 10.1. The Morgan fingerprint density at radius 2 is 2.23 bits per heavy atom. The third kappa shape index (κ3) is 7.68. The van der Waals surface area contributed by atoms with Crippen LogP contribution in [-0.2, 0) is 6.42 Å². The first-order valence-electron chi connectivity index (χ1n) is 7.37. The van der Waals surface area contributed by atoms with Crippen LogP contribution in [0.15, 0.2) is 41.9 Å². The molecule has 0 amide bonds. The van der Waals surface area contributed by atoms with Crippen molar-refractivity contribution in [1.82, 2.24) is 10.2 Å². The van der Waals surface area contributed by atoms with Crippen molar-refractivity contribution < 1.29 is 4.74 Å². The van der Waals surface area contributed by atoms with Gasteiger partial charge in [-0.2, -0.15) is 0 Å². The molecule has 0 aliphatic rings. The Bertz CT molecular complexity index is 463. The van der Waals surface area contributed by atoms with E-state index >= 15 is 0 Å². The molecule has 0 aromatic heterocycles. The summed E-state index contributed by atoms with van der Waals surface area (Å²) in [6, 6.07) is 8.16. The normalized spacial score (nSPS) is 10.6. The number of hydrogen-bond acceptors (Lipinski definition) is 2. The minimum atomic E-state index is 0. The largest absolute Gasteiger partial charge is 0.497 e. The highest BCUT2D eigenvalue weighted by atomic mass is 127. The molecular formula is C17H28IN3O. The molecule has 1 aromatic carbocycles. The fourth-order valence-corrected chi connectivity index (χ4v) is 2.11. The van der Waals surface area contributed by atoms with Crippen molar-refractivity contribution in [2.24, 2.45) is 4.99 Å². The molecule has 0 saturated heterocycles. The molecule has 124 valence electrons.